The second-order valence-corrected chi connectivity index (χ2v) is 6.56. The van der Waals surface area contributed by atoms with Gasteiger partial charge in [0.15, 0.2) is 5.13 Å². The Morgan fingerprint density at radius 1 is 1.55 bits per heavy atom. The number of aryl methyl sites for hydroxylation is 1. The highest BCUT2D eigenvalue weighted by atomic mass is 35.5. The Morgan fingerprint density at radius 3 is 2.80 bits per heavy atom. The maximum absolute atomic E-state index is 12.7. The summed E-state index contributed by atoms with van der Waals surface area (Å²) < 4.78 is 0. The summed E-state index contributed by atoms with van der Waals surface area (Å²) in [5, 5.41) is 6.26. The van der Waals surface area contributed by atoms with E-state index in [1.54, 1.807) is 11.3 Å². The number of rotatable bonds is 3. The summed E-state index contributed by atoms with van der Waals surface area (Å²) in [5.74, 6) is 0.525. The SMILES string of the molecule is CCN(C(=O)C1CC12CCNCC2)c1nc(C)cs1.Cl. The van der Waals surface area contributed by atoms with Crippen molar-refractivity contribution >= 4 is 34.8 Å². The average Bonchev–Trinajstić information content (AvgIpc) is 2.92. The number of aromatic nitrogens is 1. The second-order valence-electron chi connectivity index (χ2n) is 5.72. The highest BCUT2D eigenvalue weighted by Crippen LogP contribution is 2.59. The van der Waals surface area contributed by atoms with Crippen LogP contribution in [0.2, 0.25) is 0 Å². The zero-order valence-electron chi connectivity index (χ0n) is 12.0. The van der Waals surface area contributed by atoms with Gasteiger partial charge in [0.2, 0.25) is 5.91 Å². The molecule has 3 rings (SSSR count). The zero-order valence-corrected chi connectivity index (χ0v) is 13.6. The van der Waals surface area contributed by atoms with Gasteiger partial charge in [0.1, 0.15) is 0 Å². The number of hydrogen-bond acceptors (Lipinski definition) is 4. The number of thiazole rings is 1. The first kappa shape index (κ1) is 15.7. The summed E-state index contributed by atoms with van der Waals surface area (Å²) in [6, 6.07) is 0. The van der Waals surface area contributed by atoms with Gasteiger partial charge in [-0.2, -0.15) is 0 Å². The van der Waals surface area contributed by atoms with E-state index in [0.717, 1.165) is 49.7 Å². The van der Waals surface area contributed by atoms with Crippen molar-refractivity contribution in [2.75, 3.05) is 24.5 Å². The number of anilines is 1. The Bertz CT molecular complexity index is 485. The van der Waals surface area contributed by atoms with E-state index in [0.29, 0.717) is 11.3 Å². The largest absolute Gasteiger partial charge is 0.317 e. The van der Waals surface area contributed by atoms with Crippen molar-refractivity contribution in [2.24, 2.45) is 11.3 Å². The third kappa shape index (κ3) is 2.71. The highest BCUT2D eigenvalue weighted by molar-refractivity contribution is 7.14. The molecule has 1 aromatic heterocycles. The van der Waals surface area contributed by atoms with Crippen molar-refractivity contribution in [3.63, 3.8) is 0 Å². The van der Waals surface area contributed by atoms with E-state index < -0.39 is 0 Å². The quantitative estimate of drug-likeness (QED) is 0.932. The van der Waals surface area contributed by atoms with Gasteiger partial charge in [-0.3, -0.25) is 9.69 Å². The van der Waals surface area contributed by atoms with Gasteiger partial charge >= 0.3 is 0 Å². The number of nitrogens with one attached hydrogen (secondary N) is 1. The molecule has 20 heavy (non-hydrogen) atoms. The van der Waals surface area contributed by atoms with Crippen LogP contribution in [-0.2, 0) is 4.79 Å². The van der Waals surface area contributed by atoms with E-state index in [2.05, 4.69) is 10.3 Å². The van der Waals surface area contributed by atoms with Crippen LogP contribution in [-0.4, -0.2) is 30.5 Å². The summed E-state index contributed by atoms with van der Waals surface area (Å²) >= 11 is 1.57. The number of carbonyl (C=O) groups is 1. The zero-order chi connectivity index (χ0) is 13.5. The third-order valence-electron chi connectivity index (χ3n) is 4.51. The van der Waals surface area contributed by atoms with Crippen LogP contribution < -0.4 is 10.2 Å². The van der Waals surface area contributed by atoms with Crippen LogP contribution in [0.4, 0.5) is 5.13 Å². The molecule has 2 heterocycles. The Hall–Kier alpha value is -0.650. The van der Waals surface area contributed by atoms with Gasteiger partial charge in [0.25, 0.3) is 0 Å². The number of halogens is 1. The predicted molar refractivity (Wildman–Crippen MR) is 84.8 cm³/mol. The van der Waals surface area contributed by atoms with Crippen molar-refractivity contribution < 1.29 is 4.79 Å². The highest BCUT2D eigenvalue weighted by Gasteiger charge is 2.58. The molecule has 6 heteroatoms. The molecule has 1 amide bonds. The fourth-order valence-electron chi connectivity index (χ4n) is 3.21. The molecule has 1 aliphatic heterocycles. The van der Waals surface area contributed by atoms with Gasteiger partial charge in [-0.25, -0.2) is 4.98 Å². The normalized spacial score (nSPS) is 23.2. The molecule has 1 N–H and O–H groups in total. The Labute approximate surface area is 130 Å². The molecule has 1 unspecified atom stereocenters. The number of nitrogens with zero attached hydrogens (tertiary/aromatic N) is 2. The van der Waals surface area contributed by atoms with Crippen LogP contribution in [0, 0.1) is 18.3 Å². The molecule has 1 aromatic rings. The molecule has 1 spiro atoms. The first-order valence-electron chi connectivity index (χ1n) is 7.10. The van der Waals surface area contributed by atoms with E-state index in [1.807, 2.05) is 24.1 Å². The lowest BCUT2D eigenvalue weighted by Crippen LogP contribution is -2.36. The lowest BCUT2D eigenvalue weighted by Gasteiger charge is -2.25. The molecule has 0 bridgehead atoms. The van der Waals surface area contributed by atoms with Gasteiger partial charge < -0.3 is 5.32 Å². The maximum Gasteiger partial charge on any atom is 0.232 e. The molecular formula is C14H22ClN3OS. The molecule has 1 saturated carbocycles. The summed E-state index contributed by atoms with van der Waals surface area (Å²) in [5.41, 5.74) is 1.31. The van der Waals surface area contributed by atoms with Gasteiger partial charge in [-0.05, 0) is 51.6 Å². The Morgan fingerprint density at radius 2 is 2.25 bits per heavy atom. The average molecular weight is 316 g/mol. The van der Waals surface area contributed by atoms with Crippen LogP contribution >= 0.6 is 23.7 Å². The number of piperidine rings is 1. The molecule has 4 nitrogen and oxygen atoms in total. The number of carbonyl (C=O) groups excluding carboxylic acids is 1. The van der Waals surface area contributed by atoms with Crippen LogP contribution in [0.3, 0.4) is 0 Å². The minimum atomic E-state index is 0. The smallest absolute Gasteiger partial charge is 0.232 e. The minimum absolute atomic E-state index is 0. The van der Waals surface area contributed by atoms with E-state index in [-0.39, 0.29) is 18.3 Å². The lowest BCUT2D eigenvalue weighted by atomic mass is 9.91. The Kier molecular flexibility index (Phi) is 4.72. The molecule has 0 aromatic carbocycles. The van der Waals surface area contributed by atoms with Gasteiger partial charge in [-0.15, -0.1) is 23.7 Å². The lowest BCUT2D eigenvalue weighted by molar-refractivity contribution is -0.120. The summed E-state index contributed by atoms with van der Waals surface area (Å²) in [6.45, 7) is 6.85. The second kappa shape index (κ2) is 6.00. The molecule has 1 saturated heterocycles. The molecule has 2 fully saturated rings. The van der Waals surface area contributed by atoms with E-state index in [9.17, 15) is 4.79 Å². The van der Waals surface area contributed by atoms with Crippen molar-refractivity contribution in [1.82, 2.24) is 10.3 Å². The fourth-order valence-corrected chi connectivity index (χ4v) is 4.08. The van der Waals surface area contributed by atoms with Crippen molar-refractivity contribution in [3.05, 3.63) is 11.1 Å². The fraction of sp³-hybridized carbons (Fsp3) is 0.714. The predicted octanol–water partition coefficient (Wildman–Crippen LogP) is 2.62. The van der Waals surface area contributed by atoms with Crippen LogP contribution in [0.15, 0.2) is 5.38 Å². The molecule has 112 valence electrons. The van der Waals surface area contributed by atoms with E-state index >= 15 is 0 Å². The third-order valence-corrected chi connectivity index (χ3v) is 5.49. The molecular weight excluding hydrogens is 294 g/mol. The standard InChI is InChI=1S/C14H21N3OS.ClH/c1-3-17(13-16-10(2)9-19-13)12(18)11-8-14(11)4-6-15-7-5-14;/h9,11,15H,3-8H2,1-2H3;1H. The van der Waals surface area contributed by atoms with Crippen molar-refractivity contribution in [3.8, 4) is 0 Å². The summed E-state index contributed by atoms with van der Waals surface area (Å²) in [7, 11) is 0. The maximum atomic E-state index is 12.7. The number of amides is 1. The topological polar surface area (TPSA) is 45.2 Å². The first-order valence-corrected chi connectivity index (χ1v) is 7.98. The molecule has 2 aliphatic rings. The summed E-state index contributed by atoms with van der Waals surface area (Å²) in [6.07, 6.45) is 3.38. The minimum Gasteiger partial charge on any atom is -0.317 e. The van der Waals surface area contributed by atoms with E-state index in [1.165, 1.54) is 0 Å². The first-order chi connectivity index (χ1) is 9.16. The van der Waals surface area contributed by atoms with Crippen molar-refractivity contribution in [1.29, 1.82) is 0 Å². The van der Waals surface area contributed by atoms with Crippen LogP contribution in [0.1, 0.15) is 31.9 Å². The molecule has 1 aliphatic carbocycles. The molecule has 1 atom stereocenters. The number of hydrogen-bond donors (Lipinski definition) is 1. The summed E-state index contributed by atoms with van der Waals surface area (Å²) in [4.78, 5) is 19.0. The van der Waals surface area contributed by atoms with Crippen molar-refractivity contribution in [2.45, 2.75) is 33.1 Å². The van der Waals surface area contributed by atoms with Gasteiger partial charge in [0.05, 0.1) is 5.69 Å². The monoisotopic (exact) mass is 315 g/mol. The van der Waals surface area contributed by atoms with E-state index in [4.69, 9.17) is 0 Å². The van der Waals surface area contributed by atoms with Crippen LogP contribution in [0.5, 0.6) is 0 Å². The van der Waals surface area contributed by atoms with Crippen LogP contribution in [0.25, 0.3) is 0 Å². The Balaban J connectivity index is 0.00000147. The van der Waals surface area contributed by atoms with Gasteiger partial charge in [0, 0.05) is 17.8 Å². The van der Waals surface area contributed by atoms with Gasteiger partial charge in [-0.1, -0.05) is 0 Å². The molecule has 0 radical (unpaired) electrons.